The maximum atomic E-state index is 12.1. The first-order valence-corrected chi connectivity index (χ1v) is 7.69. The molecule has 1 aliphatic rings. The van der Waals surface area contributed by atoms with Crippen molar-refractivity contribution >= 4 is 21.8 Å². The molecule has 0 spiro atoms. The normalized spacial score (nSPS) is 22.1. The summed E-state index contributed by atoms with van der Waals surface area (Å²) in [6, 6.07) is 8.11. The van der Waals surface area contributed by atoms with Crippen molar-refractivity contribution in [1.29, 1.82) is 0 Å². The highest BCUT2D eigenvalue weighted by Crippen LogP contribution is 2.32. The monoisotopic (exact) mass is 339 g/mol. The Hall–Kier alpha value is -0.910. The second-order valence-corrected chi connectivity index (χ2v) is 6.78. The number of benzene rings is 1. The molecule has 1 aliphatic heterocycles. The molecule has 4 nitrogen and oxygen atoms in total. The lowest BCUT2D eigenvalue weighted by Gasteiger charge is -2.47. The maximum absolute atomic E-state index is 12.1. The van der Waals surface area contributed by atoms with Gasteiger partial charge in [-0.15, -0.1) is 0 Å². The van der Waals surface area contributed by atoms with Gasteiger partial charge in [0.1, 0.15) is 0 Å². The minimum Gasteiger partial charge on any atom is -0.353 e. The first-order chi connectivity index (χ1) is 9.34. The highest BCUT2D eigenvalue weighted by atomic mass is 79.9. The Morgan fingerprint density at radius 1 is 1.45 bits per heavy atom. The lowest BCUT2D eigenvalue weighted by molar-refractivity contribution is -0.137. The van der Waals surface area contributed by atoms with Gasteiger partial charge in [0.25, 0.3) is 0 Å². The minimum atomic E-state index is -0.557. The summed E-state index contributed by atoms with van der Waals surface area (Å²) in [5.41, 5.74) is 6.81. The molecule has 1 aromatic carbocycles. The van der Waals surface area contributed by atoms with Crippen LogP contribution >= 0.6 is 15.9 Å². The number of amides is 1. The summed E-state index contributed by atoms with van der Waals surface area (Å²) in [5.74, 6) is 0.0596. The third-order valence-electron chi connectivity index (χ3n) is 3.94. The molecule has 3 N–H and O–H groups in total. The first-order valence-electron chi connectivity index (χ1n) is 6.90. The van der Waals surface area contributed by atoms with Crippen LogP contribution in [0.25, 0.3) is 0 Å². The van der Waals surface area contributed by atoms with Crippen LogP contribution in [0.15, 0.2) is 28.7 Å². The number of nitrogens with one attached hydrogen (secondary N) is 1. The number of nitrogens with zero attached hydrogens (tertiary/aromatic N) is 1. The molecule has 0 bridgehead atoms. The van der Waals surface area contributed by atoms with Crippen LogP contribution in [0.3, 0.4) is 0 Å². The van der Waals surface area contributed by atoms with E-state index >= 15 is 0 Å². The van der Waals surface area contributed by atoms with Gasteiger partial charge in [-0.1, -0.05) is 28.1 Å². The number of hydrogen-bond donors (Lipinski definition) is 2. The van der Waals surface area contributed by atoms with Crippen molar-refractivity contribution in [3.05, 3.63) is 34.3 Å². The third kappa shape index (κ3) is 2.90. The minimum absolute atomic E-state index is 0.0218. The summed E-state index contributed by atoms with van der Waals surface area (Å²) in [4.78, 5) is 14.4. The van der Waals surface area contributed by atoms with Gasteiger partial charge >= 0.3 is 0 Å². The number of piperazine rings is 1. The van der Waals surface area contributed by atoms with Gasteiger partial charge in [0.05, 0.1) is 11.6 Å². The average molecular weight is 340 g/mol. The fourth-order valence-corrected chi connectivity index (χ4v) is 3.28. The average Bonchev–Trinajstić information content (AvgIpc) is 2.35. The molecule has 0 radical (unpaired) electrons. The van der Waals surface area contributed by atoms with Crippen LogP contribution in [-0.2, 0) is 4.79 Å². The van der Waals surface area contributed by atoms with E-state index in [-0.39, 0.29) is 18.0 Å². The van der Waals surface area contributed by atoms with Crippen molar-refractivity contribution in [2.24, 2.45) is 5.73 Å². The number of rotatable bonds is 3. The van der Waals surface area contributed by atoms with E-state index in [0.29, 0.717) is 6.54 Å². The van der Waals surface area contributed by atoms with Crippen molar-refractivity contribution in [3.8, 4) is 0 Å². The summed E-state index contributed by atoms with van der Waals surface area (Å²) in [6.45, 7) is 7.37. The smallest absolute Gasteiger partial charge is 0.240 e. The van der Waals surface area contributed by atoms with Crippen LogP contribution in [0.1, 0.15) is 32.4 Å². The summed E-state index contributed by atoms with van der Waals surface area (Å²) < 4.78 is 1.03. The SMILES string of the molecule is CC(N)C(c1cccc(Br)c1)N1CCNC(=O)C1(C)C. The van der Waals surface area contributed by atoms with Gasteiger partial charge in [-0.3, -0.25) is 9.69 Å². The Morgan fingerprint density at radius 3 is 2.75 bits per heavy atom. The lowest BCUT2D eigenvalue weighted by Crippen LogP contribution is -2.64. The zero-order valence-corrected chi connectivity index (χ0v) is 13.8. The Balaban J connectivity index is 2.40. The molecule has 1 fully saturated rings. The summed E-state index contributed by atoms with van der Waals surface area (Å²) in [7, 11) is 0. The molecule has 1 aromatic rings. The maximum Gasteiger partial charge on any atom is 0.240 e. The predicted molar refractivity (Wildman–Crippen MR) is 84.3 cm³/mol. The van der Waals surface area contributed by atoms with Crippen molar-refractivity contribution < 1.29 is 4.79 Å². The Morgan fingerprint density at radius 2 is 2.15 bits per heavy atom. The molecule has 2 unspecified atom stereocenters. The molecule has 1 heterocycles. The van der Waals surface area contributed by atoms with Crippen LogP contribution in [-0.4, -0.2) is 35.5 Å². The van der Waals surface area contributed by atoms with E-state index in [9.17, 15) is 4.79 Å². The van der Waals surface area contributed by atoms with E-state index in [2.05, 4.69) is 38.3 Å². The molecule has 0 saturated carbocycles. The molecule has 1 amide bonds. The lowest BCUT2D eigenvalue weighted by atomic mass is 9.90. The Kier molecular flexibility index (Phi) is 4.52. The summed E-state index contributed by atoms with van der Waals surface area (Å²) in [5, 5.41) is 2.93. The first kappa shape index (κ1) is 15.5. The van der Waals surface area contributed by atoms with Gasteiger partial charge in [0.2, 0.25) is 5.91 Å². The van der Waals surface area contributed by atoms with Gasteiger partial charge in [0.15, 0.2) is 0 Å². The van der Waals surface area contributed by atoms with Gasteiger partial charge in [-0.05, 0) is 38.5 Å². The summed E-state index contributed by atoms with van der Waals surface area (Å²) >= 11 is 3.51. The van der Waals surface area contributed by atoms with Crippen LogP contribution in [0, 0.1) is 0 Å². The Bertz CT molecular complexity index is 502. The van der Waals surface area contributed by atoms with Crippen LogP contribution in [0.5, 0.6) is 0 Å². The van der Waals surface area contributed by atoms with Gasteiger partial charge < -0.3 is 11.1 Å². The fraction of sp³-hybridized carbons (Fsp3) is 0.533. The van der Waals surface area contributed by atoms with E-state index in [1.54, 1.807) is 0 Å². The number of hydrogen-bond acceptors (Lipinski definition) is 3. The molecule has 1 saturated heterocycles. The molecule has 5 heteroatoms. The molecular formula is C15H22BrN3O. The second kappa shape index (κ2) is 5.84. The van der Waals surface area contributed by atoms with E-state index in [0.717, 1.165) is 16.6 Å². The number of carbonyl (C=O) groups excluding carboxylic acids is 1. The topological polar surface area (TPSA) is 58.4 Å². The number of carbonyl (C=O) groups is 1. The highest BCUT2D eigenvalue weighted by molar-refractivity contribution is 9.10. The van der Waals surface area contributed by atoms with E-state index in [1.807, 2.05) is 32.9 Å². The van der Waals surface area contributed by atoms with E-state index < -0.39 is 5.54 Å². The molecule has 2 atom stereocenters. The molecule has 20 heavy (non-hydrogen) atoms. The van der Waals surface area contributed by atoms with Crippen LogP contribution in [0.4, 0.5) is 0 Å². The molecule has 2 rings (SSSR count). The zero-order chi connectivity index (χ0) is 14.9. The number of halogens is 1. The van der Waals surface area contributed by atoms with E-state index in [1.165, 1.54) is 0 Å². The van der Waals surface area contributed by atoms with Crippen molar-refractivity contribution in [3.63, 3.8) is 0 Å². The standard InChI is InChI=1S/C15H22BrN3O/c1-10(17)13(11-5-4-6-12(16)9-11)19-8-7-18-14(20)15(19,2)3/h4-6,9-10,13H,7-8,17H2,1-3H3,(H,18,20). The van der Waals surface area contributed by atoms with Crippen molar-refractivity contribution in [1.82, 2.24) is 10.2 Å². The number of nitrogens with two attached hydrogens (primary N) is 1. The quantitative estimate of drug-likeness (QED) is 0.885. The van der Waals surface area contributed by atoms with Crippen LogP contribution < -0.4 is 11.1 Å². The van der Waals surface area contributed by atoms with Gasteiger partial charge in [0, 0.05) is 23.6 Å². The Labute approximate surface area is 128 Å². The largest absolute Gasteiger partial charge is 0.353 e. The summed E-state index contributed by atoms with van der Waals surface area (Å²) in [6.07, 6.45) is 0. The molecule has 0 aliphatic carbocycles. The van der Waals surface area contributed by atoms with Crippen LogP contribution in [0.2, 0.25) is 0 Å². The fourth-order valence-electron chi connectivity index (χ4n) is 2.86. The van der Waals surface area contributed by atoms with E-state index in [4.69, 9.17) is 5.73 Å². The zero-order valence-electron chi connectivity index (χ0n) is 12.2. The third-order valence-corrected chi connectivity index (χ3v) is 4.43. The predicted octanol–water partition coefficient (Wildman–Crippen LogP) is 2.05. The second-order valence-electron chi connectivity index (χ2n) is 5.87. The van der Waals surface area contributed by atoms with Crippen molar-refractivity contribution in [2.75, 3.05) is 13.1 Å². The molecule has 110 valence electrons. The van der Waals surface area contributed by atoms with Gasteiger partial charge in [-0.2, -0.15) is 0 Å². The molecular weight excluding hydrogens is 318 g/mol. The highest BCUT2D eigenvalue weighted by Gasteiger charge is 2.42. The van der Waals surface area contributed by atoms with Gasteiger partial charge in [-0.25, -0.2) is 0 Å². The van der Waals surface area contributed by atoms with Crippen molar-refractivity contribution in [2.45, 2.75) is 38.4 Å². The molecule has 0 aromatic heterocycles.